The van der Waals surface area contributed by atoms with E-state index in [9.17, 15) is 13.2 Å². The van der Waals surface area contributed by atoms with Crippen LogP contribution in [0.5, 0.6) is 0 Å². The van der Waals surface area contributed by atoms with Crippen molar-refractivity contribution in [3.63, 3.8) is 0 Å². The predicted octanol–water partition coefficient (Wildman–Crippen LogP) is 4.12. The zero-order chi connectivity index (χ0) is 21.1. The number of H-pyrrole nitrogens is 1. The number of halogens is 1. The number of para-hydroxylation sites is 2. The first kappa shape index (κ1) is 21.2. The van der Waals surface area contributed by atoms with E-state index in [2.05, 4.69) is 15.3 Å². The molecule has 1 fully saturated rings. The number of sulfonamides is 1. The number of nitrogens with zero attached hydrogens (tertiary/aromatic N) is 2. The molecule has 158 valence electrons. The highest BCUT2D eigenvalue weighted by molar-refractivity contribution is 7.99. The van der Waals surface area contributed by atoms with Crippen molar-refractivity contribution in [2.45, 2.75) is 29.3 Å². The van der Waals surface area contributed by atoms with Crippen LogP contribution in [-0.4, -0.2) is 47.4 Å². The van der Waals surface area contributed by atoms with Crippen molar-refractivity contribution >= 4 is 56.0 Å². The summed E-state index contributed by atoms with van der Waals surface area (Å²) < 4.78 is 27.4. The number of amides is 1. The van der Waals surface area contributed by atoms with Gasteiger partial charge in [0, 0.05) is 18.8 Å². The number of nitrogens with one attached hydrogen (secondary N) is 2. The molecule has 2 aromatic carbocycles. The molecule has 0 bridgehead atoms. The lowest BCUT2D eigenvalue weighted by Gasteiger charge is -2.26. The Hall–Kier alpha value is -2.07. The van der Waals surface area contributed by atoms with Crippen LogP contribution in [0.2, 0.25) is 5.02 Å². The Morgan fingerprint density at radius 1 is 1.17 bits per heavy atom. The fourth-order valence-electron chi connectivity index (χ4n) is 3.35. The molecular weight excluding hydrogens is 444 g/mol. The van der Waals surface area contributed by atoms with Gasteiger partial charge in [-0.25, -0.2) is 13.4 Å². The second-order valence-electron chi connectivity index (χ2n) is 7.01. The van der Waals surface area contributed by atoms with Crippen LogP contribution in [0.1, 0.15) is 19.3 Å². The van der Waals surface area contributed by atoms with Crippen molar-refractivity contribution in [3.8, 4) is 0 Å². The van der Waals surface area contributed by atoms with Crippen molar-refractivity contribution < 1.29 is 13.2 Å². The van der Waals surface area contributed by atoms with E-state index in [1.807, 2.05) is 24.3 Å². The molecule has 1 aromatic heterocycles. The number of piperidine rings is 1. The van der Waals surface area contributed by atoms with E-state index in [1.54, 1.807) is 6.07 Å². The van der Waals surface area contributed by atoms with E-state index in [0.29, 0.717) is 23.9 Å². The van der Waals surface area contributed by atoms with Gasteiger partial charge in [-0.1, -0.05) is 41.9 Å². The molecule has 1 aliphatic rings. The molecule has 0 saturated carbocycles. The molecule has 1 aliphatic heterocycles. The lowest BCUT2D eigenvalue weighted by molar-refractivity contribution is -0.113. The molecule has 3 aromatic rings. The third kappa shape index (κ3) is 4.64. The minimum Gasteiger partial charge on any atom is -0.333 e. The van der Waals surface area contributed by atoms with Gasteiger partial charge >= 0.3 is 0 Å². The summed E-state index contributed by atoms with van der Waals surface area (Å²) in [5, 5.41) is 3.54. The fraction of sp³-hybridized carbons (Fsp3) is 0.300. The van der Waals surface area contributed by atoms with Gasteiger partial charge in [0.05, 0.1) is 21.8 Å². The highest BCUT2D eigenvalue weighted by atomic mass is 35.5. The Morgan fingerprint density at radius 3 is 2.70 bits per heavy atom. The van der Waals surface area contributed by atoms with E-state index >= 15 is 0 Å². The van der Waals surface area contributed by atoms with Crippen LogP contribution in [0, 0.1) is 0 Å². The summed E-state index contributed by atoms with van der Waals surface area (Å²) in [7, 11) is -3.69. The summed E-state index contributed by atoms with van der Waals surface area (Å²) in [5.41, 5.74) is 2.14. The maximum Gasteiger partial charge on any atom is 0.244 e. The number of carbonyl (C=O) groups excluding carboxylic acids is 1. The molecule has 1 amide bonds. The van der Waals surface area contributed by atoms with Gasteiger partial charge in [-0.05, 0) is 43.2 Å². The molecule has 7 nitrogen and oxygen atoms in total. The van der Waals surface area contributed by atoms with Gasteiger partial charge in [0.1, 0.15) is 4.90 Å². The predicted molar refractivity (Wildman–Crippen MR) is 120 cm³/mol. The molecule has 0 radical (unpaired) electrons. The molecule has 0 spiro atoms. The highest BCUT2D eigenvalue weighted by Gasteiger charge is 2.28. The molecule has 2 heterocycles. The number of carbonyl (C=O) groups is 1. The van der Waals surface area contributed by atoms with Crippen LogP contribution in [-0.2, 0) is 14.8 Å². The van der Waals surface area contributed by atoms with E-state index in [4.69, 9.17) is 11.6 Å². The van der Waals surface area contributed by atoms with Gasteiger partial charge in [0.15, 0.2) is 5.16 Å². The van der Waals surface area contributed by atoms with Crippen LogP contribution in [0.25, 0.3) is 11.0 Å². The average Bonchev–Trinajstić information content (AvgIpc) is 3.17. The normalized spacial score (nSPS) is 15.4. The number of aromatic amines is 1. The van der Waals surface area contributed by atoms with Crippen LogP contribution >= 0.6 is 23.4 Å². The number of benzene rings is 2. The number of rotatable bonds is 6. The highest BCUT2D eigenvalue weighted by Crippen LogP contribution is 2.29. The van der Waals surface area contributed by atoms with E-state index < -0.39 is 10.0 Å². The summed E-state index contributed by atoms with van der Waals surface area (Å²) >= 11 is 7.46. The number of aromatic nitrogens is 2. The van der Waals surface area contributed by atoms with Gasteiger partial charge in [0.2, 0.25) is 15.9 Å². The third-order valence-corrected chi connectivity index (χ3v) is 8.11. The largest absolute Gasteiger partial charge is 0.333 e. The number of anilines is 1. The zero-order valence-corrected chi connectivity index (χ0v) is 18.5. The third-order valence-electron chi connectivity index (χ3n) is 4.86. The van der Waals surface area contributed by atoms with Crippen LogP contribution < -0.4 is 5.32 Å². The molecule has 0 aliphatic carbocycles. The molecule has 4 rings (SSSR count). The maximum absolute atomic E-state index is 13.0. The molecule has 0 atom stereocenters. The monoisotopic (exact) mass is 464 g/mol. The smallest absolute Gasteiger partial charge is 0.244 e. The van der Waals surface area contributed by atoms with Gasteiger partial charge < -0.3 is 10.3 Å². The lowest BCUT2D eigenvalue weighted by atomic mass is 10.2. The fourth-order valence-corrected chi connectivity index (χ4v) is 6.05. The molecule has 10 heteroatoms. The maximum atomic E-state index is 13.0. The quantitative estimate of drug-likeness (QED) is 0.535. The van der Waals surface area contributed by atoms with Gasteiger partial charge in [-0.2, -0.15) is 4.31 Å². The number of imidazole rings is 1. The van der Waals surface area contributed by atoms with Gasteiger partial charge in [-0.3, -0.25) is 4.79 Å². The first-order valence-electron chi connectivity index (χ1n) is 9.60. The summed E-state index contributed by atoms with van der Waals surface area (Å²) in [6, 6.07) is 12.2. The summed E-state index contributed by atoms with van der Waals surface area (Å²) in [6.07, 6.45) is 2.71. The molecule has 0 unspecified atom stereocenters. The van der Waals surface area contributed by atoms with Crippen molar-refractivity contribution in [1.29, 1.82) is 0 Å². The standard InChI is InChI=1S/C20H21ClN4O3S2/c21-15-9-8-14(12-18(15)30(27,28)25-10-4-1-5-11-25)22-19(26)13-29-20-23-16-6-2-3-7-17(16)24-20/h2-3,6-9,12H,1,4-5,10-11,13H2,(H,22,26)(H,23,24). The number of hydrogen-bond acceptors (Lipinski definition) is 5. The Kier molecular flexibility index (Phi) is 6.33. The van der Waals surface area contributed by atoms with Crippen LogP contribution in [0.15, 0.2) is 52.5 Å². The second-order valence-corrected chi connectivity index (χ2v) is 10.3. The summed E-state index contributed by atoms with van der Waals surface area (Å²) in [4.78, 5) is 20.0. The van der Waals surface area contributed by atoms with E-state index in [0.717, 1.165) is 30.3 Å². The summed E-state index contributed by atoms with van der Waals surface area (Å²) in [6.45, 7) is 0.979. The van der Waals surface area contributed by atoms with Crippen molar-refractivity contribution in [3.05, 3.63) is 47.5 Å². The Morgan fingerprint density at radius 2 is 1.93 bits per heavy atom. The van der Waals surface area contributed by atoms with Gasteiger partial charge in [-0.15, -0.1) is 0 Å². The van der Waals surface area contributed by atoms with E-state index in [1.165, 1.54) is 28.2 Å². The minimum absolute atomic E-state index is 0.0220. The average molecular weight is 465 g/mol. The van der Waals surface area contributed by atoms with Crippen LogP contribution in [0.3, 0.4) is 0 Å². The topological polar surface area (TPSA) is 95.2 Å². The Bertz CT molecular complexity index is 1140. The Labute approximate surface area is 184 Å². The van der Waals surface area contributed by atoms with Crippen molar-refractivity contribution in [2.24, 2.45) is 0 Å². The lowest BCUT2D eigenvalue weighted by Crippen LogP contribution is -2.35. The Balaban J connectivity index is 1.44. The minimum atomic E-state index is -3.69. The van der Waals surface area contributed by atoms with Gasteiger partial charge in [0.25, 0.3) is 0 Å². The second kappa shape index (κ2) is 8.97. The molecule has 2 N–H and O–H groups in total. The number of thioether (sulfide) groups is 1. The number of hydrogen-bond donors (Lipinski definition) is 2. The molecule has 30 heavy (non-hydrogen) atoms. The SMILES string of the molecule is O=C(CSc1nc2ccccc2[nH]1)Nc1ccc(Cl)c(S(=O)(=O)N2CCCCC2)c1. The molecular formula is C20H21ClN4O3S2. The first-order valence-corrected chi connectivity index (χ1v) is 12.4. The van der Waals surface area contributed by atoms with E-state index in [-0.39, 0.29) is 21.6 Å². The summed E-state index contributed by atoms with van der Waals surface area (Å²) in [5.74, 6) is -0.125. The molecule has 1 saturated heterocycles. The van der Waals surface area contributed by atoms with Crippen LogP contribution in [0.4, 0.5) is 5.69 Å². The van der Waals surface area contributed by atoms with Crippen molar-refractivity contribution in [1.82, 2.24) is 14.3 Å². The first-order chi connectivity index (χ1) is 14.4. The van der Waals surface area contributed by atoms with Crippen molar-refractivity contribution in [2.75, 3.05) is 24.2 Å². The zero-order valence-electron chi connectivity index (χ0n) is 16.1. The number of fused-ring (bicyclic) bond motifs is 1.